The third-order valence-corrected chi connectivity index (χ3v) is 4.23. The van der Waals surface area contributed by atoms with Gasteiger partial charge in [0, 0.05) is 38.8 Å². The number of aromatic nitrogens is 2. The molecule has 128 valence electrons. The van der Waals surface area contributed by atoms with Crippen LogP contribution in [0.5, 0.6) is 5.75 Å². The van der Waals surface area contributed by atoms with Crippen molar-refractivity contribution < 1.29 is 4.74 Å². The maximum absolute atomic E-state index is 5.96. The van der Waals surface area contributed by atoms with Crippen molar-refractivity contribution in [1.82, 2.24) is 14.9 Å². The second kappa shape index (κ2) is 7.68. The molecule has 0 spiro atoms. The molecule has 0 aliphatic carbocycles. The Morgan fingerprint density at radius 3 is 2.46 bits per heavy atom. The van der Waals surface area contributed by atoms with Gasteiger partial charge in [-0.15, -0.1) is 0 Å². The van der Waals surface area contributed by atoms with E-state index in [9.17, 15) is 0 Å². The van der Waals surface area contributed by atoms with Crippen LogP contribution in [0.4, 0.5) is 11.8 Å². The van der Waals surface area contributed by atoms with Crippen LogP contribution in [0.15, 0.2) is 30.3 Å². The van der Waals surface area contributed by atoms with Crippen LogP contribution in [0, 0.1) is 0 Å². The van der Waals surface area contributed by atoms with Crippen molar-refractivity contribution in [1.29, 1.82) is 0 Å². The summed E-state index contributed by atoms with van der Waals surface area (Å²) in [6.07, 6.45) is 0. The van der Waals surface area contributed by atoms with E-state index >= 15 is 0 Å². The zero-order valence-electron chi connectivity index (χ0n) is 13.8. The number of halogens is 1. The normalized spacial score (nSPS) is 15.5. The standard InChI is InChI=1S/C17H22ClN5O/c1-2-24-14-5-3-13(4-6-14)12-22-7-9-23(10-8-22)16-11-15(18)20-17(19)21-16/h3-6,11H,2,7-10,12H2,1H3,(H2,19,20,21). The minimum Gasteiger partial charge on any atom is -0.494 e. The summed E-state index contributed by atoms with van der Waals surface area (Å²) in [6.45, 7) is 7.34. The van der Waals surface area contributed by atoms with E-state index in [-0.39, 0.29) is 5.95 Å². The van der Waals surface area contributed by atoms with Crippen LogP contribution in [0.3, 0.4) is 0 Å². The van der Waals surface area contributed by atoms with Gasteiger partial charge in [0.2, 0.25) is 5.95 Å². The summed E-state index contributed by atoms with van der Waals surface area (Å²) in [7, 11) is 0. The highest BCUT2D eigenvalue weighted by Gasteiger charge is 2.19. The van der Waals surface area contributed by atoms with Crippen LogP contribution in [0.2, 0.25) is 5.15 Å². The van der Waals surface area contributed by atoms with E-state index in [0.717, 1.165) is 44.3 Å². The predicted octanol–water partition coefficient (Wildman–Crippen LogP) is 2.43. The van der Waals surface area contributed by atoms with Gasteiger partial charge in [-0.1, -0.05) is 23.7 Å². The Hall–Kier alpha value is -2.05. The lowest BCUT2D eigenvalue weighted by atomic mass is 10.2. The summed E-state index contributed by atoms with van der Waals surface area (Å²) in [5, 5.41) is 0.384. The van der Waals surface area contributed by atoms with Gasteiger partial charge in [0.25, 0.3) is 0 Å². The van der Waals surface area contributed by atoms with Crippen LogP contribution in [-0.2, 0) is 6.54 Å². The molecule has 2 heterocycles. The molecule has 6 nitrogen and oxygen atoms in total. The number of ether oxygens (including phenoxy) is 1. The molecule has 0 amide bonds. The van der Waals surface area contributed by atoms with Crippen molar-refractivity contribution in [3.05, 3.63) is 41.0 Å². The fourth-order valence-electron chi connectivity index (χ4n) is 2.84. The van der Waals surface area contributed by atoms with Gasteiger partial charge in [-0.3, -0.25) is 4.90 Å². The molecule has 0 atom stereocenters. The Kier molecular flexibility index (Phi) is 5.37. The number of hydrogen-bond acceptors (Lipinski definition) is 6. The third-order valence-electron chi connectivity index (χ3n) is 4.04. The number of piperazine rings is 1. The van der Waals surface area contributed by atoms with Crippen molar-refractivity contribution in [2.45, 2.75) is 13.5 Å². The van der Waals surface area contributed by atoms with Gasteiger partial charge in [-0.05, 0) is 24.6 Å². The molecule has 1 saturated heterocycles. The molecule has 2 aromatic rings. The summed E-state index contributed by atoms with van der Waals surface area (Å²) < 4.78 is 5.48. The van der Waals surface area contributed by atoms with Gasteiger partial charge < -0.3 is 15.4 Å². The minimum absolute atomic E-state index is 0.217. The number of nitrogens with two attached hydrogens (primary N) is 1. The van der Waals surface area contributed by atoms with Crippen molar-refractivity contribution in [2.24, 2.45) is 0 Å². The van der Waals surface area contributed by atoms with E-state index < -0.39 is 0 Å². The predicted molar refractivity (Wildman–Crippen MR) is 96.6 cm³/mol. The molecule has 1 fully saturated rings. The summed E-state index contributed by atoms with van der Waals surface area (Å²) in [4.78, 5) is 12.8. The number of hydrogen-bond donors (Lipinski definition) is 1. The van der Waals surface area contributed by atoms with Crippen LogP contribution >= 0.6 is 11.6 Å². The SMILES string of the molecule is CCOc1ccc(CN2CCN(c3cc(Cl)nc(N)n3)CC2)cc1. The van der Waals surface area contributed by atoms with Crippen molar-refractivity contribution in [2.75, 3.05) is 43.4 Å². The van der Waals surface area contributed by atoms with Crippen LogP contribution in [-0.4, -0.2) is 47.7 Å². The minimum atomic E-state index is 0.217. The highest BCUT2D eigenvalue weighted by molar-refractivity contribution is 6.29. The molecule has 7 heteroatoms. The van der Waals surface area contributed by atoms with E-state index in [2.05, 4.69) is 31.9 Å². The first kappa shape index (κ1) is 16.8. The molecule has 1 aliphatic rings. The van der Waals surface area contributed by atoms with Gasteiger partial charge in [-0.25, -0.2) is 4.98 Å². The molecule has 0 radical (unpaired) electrons. The first-order chi connectivity index (χ1) is 11.6. The molecule has 2 N–H and O–H groups in total. The molecule has 1 aliphatic heterocycles. The number of rotatable bonds is 5. The van der Waals surface area contributed by atoms with Crippen molar-refractivity contribution in [3.63, 3.8) is 0 Å². The number of anilines is 2. The molecular weight excluding hydrogens is 326 g/mol. The Morgan fingerprint density at radius 2 is 1.83 bits per heavy atom. The number of nitrogen functional groups attached to an aromatic ring is 1. The maximum atomic E-state index is 5.96. The number of benzene rings is 1. The van der Waals surface area contributed by atoms with Crippen molar-refractivity contribution in [3.8, 4) is 5.75 Å². The van der Waals surface area contributed by atoms with Crippen LogP contribution in [0.25, 0.3) is 0 Å². The summed E-state index contributed by atoms with van der Waals surface area (Å²) >= 11 is 5.96. The zero-order chi connectivity index (χ0) is 16.9. The molecular formula is C17H22ClN5O. The lowest BCUT2D eigenvalue weighted by Gasteiger charge is -2.35. The largest absolute Gasteiger partial charge is 0.494 e. The van der Waals surface area contributed by atoms with Crippen molar-refractivity contribution >= 4 is 23.4 Å². The summed E-state index contributed by atoms with van der Waals surface area (Å²) in [6, 6.07) is 10.1. The molecule has 24 heavy (non-hydrogen) atoms. The monoisotopic (exact) mass is 347 g/mol. The van der Waals surface area contributed by atoms with Gasteiger partial charge in [0.1, 0.15) is 16.7 Å². The molecule has 0 saturated carbocycles. The topological polar surface area (TPSA) is 67.5 Å². The smallest absolute Gasteiger partial charge is 0.223 e. The Balaban J connectivity index is 1.55. The molecule has 0 unspecified atom stereocenters. The van der Waals surface area contributed by atoms with E-state index in [1.165, 1.54) is 5.56 Å². The average Bonchev–Trinajstić information content (AvgIpc) is 2.57. The quantitative estimate of drug-likeness (QED) is 0.838. The Bertz CT molecular complexity index is 651. The van der Waals surface area contributed by atoms with Gasteiger partial charge in [0.15, 0.2) is 0 Å². The highest BCUT2D eigenvalue weighted by Crippen LogP contribution is 2.20. The van der Waals surface area contributed by atoms with E-state index in [1.807, 2.05) is 19.1 Å². The fourth-order valence-corrected chi connectivity index (χ4v) is 3.02. The van der Waals surface area contributed by atoms with Gasteiger partial charge in [0.05, 0.1) is 6.61 Å². The average molecular weight is 348 g/mol. The molecule has 3 rings (SSSR count). The van der Waals surface area contributed by atoms with Gasteiger partial charge >= 0.3 is 0 Å². The summed E-state index contributed by atoms with van der Waals surface area (Å²) in [5.41, 5.74) is 6.97. The fraction of sp³-hybridized carbons (Fsp3) is 0.412. The lowest BCUT2D eigenvalue weighted by Crippen LogP contribution is -2.46. The molecule has 1 aromatic carbocycles. The lowest BCUT2D eigenvalue weighted by molar-refractivity contribution is 0.249. The highest BCUT2D eigenvalue weighted by atomic mass is 35.5. The Morgan fingerprint density at radius 1 is 1.12 bits per heavy atom. The third kappa shape index (κ3) is 4.27. The van der Waals surface area contributed by atoms with Crippen LogP contribution in [0.1, 0.15) is 12.5 Å². The second-order valence-electron chi connectivity index (χ2n) is 5.75. The molecule has 1 aromatic heterocycles. The first-order valence-electron chi connectivity index (χ1n) is 8.13. The number of nitrogens with zero attached hydrogens (tertiary/aromatic N) is 4. The summed E-state index contributed by atoms with van der Waals surface area (Å²) in [5.74, 6) is 1.94. The maximum Gasteiger partial charge on any atom is 0.223 e. The van der Waals surface area contributed by atoms with Gasteiger partial charge in [-0.2, -0.15) is 4.98 Å². The van der Waals surface area contributed by atoms with E-state index in [4.69, 9.17) is 22.1 Å². The van der Waals surface area contributed by atoms with Crippen LogP contribution < -0.4 is 15.4 Å². The van der Waals surface area contributed by atoms with E-state index in [0.29, 0.717) is 11.8 Å². The second-order valence-corrected chi connectivity index (χ2v) is 6.13. The van der Waals surface area contributed by atoms with E-state index in [1.54, 1.807) is 6.07 Å². The zero-order valence-corrected chi connectivity index (χ0v) is 14.5. The Labute approximate surface area is 147 Å². The molecule has 0 bridgehead atoms. The first-order valence-corrected chi connectivity index (χ1v) is 8.51.